The van der Waals surface area contributed by atoms with Gasteiger partial charge in [0.1, 0.15) is 0 Å². The predicted molar refractivity (Wildman–Crippen MR) is 119 cm³/mol. The first-order valence-electron chi connectivity index (χ1n) is 10.3. The van der Waals surface area contributed by atoms with Crippen molar-refractivity contribution in [1.82, 2.24) is 0 Å². The molecule has 1 spiro atoms. The van der Waals surface area contributed by atoms with E-state index in [9.17, 15) is 9.59 Å². The maximum atomic E-state index is 13.9. The summed E-state index contributed by atoms with van der Waals surface area (Å²) < 4.78 is 0. The standard InChI is InChI=1S/C25H23N3O2/c1-3-17-13-15-18(16-14-17)28-23(29)19-9-5-7-11-21(19)26-25(28)20-10-6-8-12-22(20)27(4-2)24(25)30/h5-16,26H,3-4H2,1-2H3/t25-/m0/s1. The van der Waals surface area contributed by atoms with Crippen LogP contribution in [-0.4, -0.2) is 18.4 Å². The van der Waals surface area contributed by atoms with Gasteiger partial charge < -0.3 is 10.2 Å². The van der Waals surface area contributed by atoms with Crippen LogP contribution in [0.4, 0.5) is 17.1 Å². The highest BCUT2D eigenvalue weighted by Gasteiger charge is 2.59. The van der Waals surface area contributed by atoms with E-state index in [-0.39, 0.29) is 11.8 Å². The van der Waals surface area contributed by atoms with E-state index in [1.165, 1.54) is 5.56 Å². The van der Waals surface area contributed by atoms with Gasteiger partial charge in [0.05, 0.1) is 11.3 Å². The van der Waals surface area contributed by atoms with Crippen LogP contribution in [0.2, 0.25) is 0 Å². The van der Waals surface area contributed by atoms with Gasteiger partial charge in [0.25, 0.3) is 11.8 Å². The van der Waals surface area contributed by atoms with Crippen molar-refractivity contribution in [3.05, 3.63) is 89.5 Å². The molecule has 1 N–H and O–H groups in total. The van der Waals surface area contributed by atoms with Gasteiger partial charge in [-0.05, 0) is 49.2 Å². The summed E-state index contributed by atoms with van der Waals surface area (Å²) in [6.45, 7) is 4.57. The Kier molecular flexibility index (Phi) is 4.13. The summed E-state index contributed by atoms with van der Waals surface area (Å²) in [6.07, 6.45) is 0.909. The van der Waals surface area contributed by atoms with Gasteiger partial charge in [-0.25, -0.2) is 0 Å². The van der Waals surface area contributed by atoms with Crippen LogP contribution in [-0.2, 0) is 16.9 Å². The number of hydrogen-bond donors (Lipinski definition) is 1. The number of rotatable bonds is 3. The Morgan fingerprint density at radius 1 is 0.867 bits per heavy atom. The van der Waals surface area contributed by atoms with Crippen molar-refractivity contribution in [2.24, 2.45) is 0 Å². The predicted octanol–water partition coefficient (Wildman–Crippen LogP) is 4.54. The van der Waals surface area contributed by atoms with Gasteiger partial charge in [-0.3, -0.25) is 14.5 Å². The summed E-state index contributed by atoms with van der Waals surface area (Å²) in [6, 6.07) is 23.0. The van der Waals surface area contributed by atoms with Crippen LogP contribution in [0.1, 0.15) is 35.3 Å². The van der Waals surface area contributed by atoms with E-state index in [1.54, 1.807) is 15.9 Å². The van der Waals surface area contributed by atoms with Gasteiger partial charge in [-0.15, -0.1) is 0 Å². The van der Waals surface area contributed by atoms with Crippen molar-refractivity contribution < 1.29 is 9.59 Å². The van der Waals surface area contributed by atoms with E-state index in [1.807, 2.05) is 73.7 Å². The smallest absolute Gasteiger partial charge is 0.279 e. The molecule has 0 fully saturated rings. The topological polar surface area (TPSA) is 52.7 Å². The molecule has 2 amide bonds. The summed E-state index contributed by atoms with van der Waals surface area (Å²) in [5, 5.41) is 3.46. The van der Waals surface area contributed by atoms with Gasteiger partial charge in [0.2, 0.25) is 5.66 Å². The molecule has 0 saturated carbocycles. The Hall–Kier alpha value is -3.60. The quantitative estimate of drug-likeness (QED) is 0.706. The number of likely N-dealkylation sites (N-methyl/N-ethyl adjacent to an activating group) is 1. The molecule has 0 unspecified atom stereocenters. The number of anilines is 3. The molecule has 0 aliphatic carbocycles. The molecule has 3 aromatic rings. The highest BCUT2D eigenvalue weighted by molar-refractivity contribution is 6.22. The average Bonchev–Trinajstić information content (AvgIpc) is 3.02. The molecule has 0 aromatic heterocycles. The van der Waals surface area contributed by atoms with Crippen LogP contribution in [0.15, 0.2) is 72.8 Å². The Morgan fingerprint density at radius 2 is 1.57 bits per heavy atom. The van der Waals surface area contributed by atoms with Crippen molar-refractivity contribution in [3.63, 3.8) is 0 Å². The highest BCUT2D eigenvalue weighted by atomic mass is 16.2. The molecule has 5 nitrogen and oxygen atoms in total. The minimum absolute atomic E-state index is 0.145. The summed E-state index contributed by atoms with van der Waals surface area (Å²) in [5.74, 6) is -0.330. The average molecular weight is 397 g/mol. The zero-order valence-electron chi connectivity index (χ0n) is 17.1. The molecule has 0 saturated heterocycles. The van der Waals surface area contributed by atoms with Crippen molar-refractivity contribution in [2.45, 2.75) is 25.9 Å². The maximum absolute atomic E-state index is 13.9. The largest absolute Gasteiger partial charge is 0.350 e. The molecule has 30 heavy (non-hydrogen) atoms. The minimum Gasteiger partial charge on any atom is -0.350 e. The van der Waals surface area contributed by atoms with E-state index in [0.29, 0.717) is 23.5 Å². The number of hydrogen-bond acceptors (Lipinski definition) is 3. The van der Waals surface area contributed by atoms with Crippen molar-refractivity contribution >= 4 is 28.9 Å². The minimum atomic E-state index is -1.31. The lowest BCUT2D eigenvalue weighted by molar-refractivity contribution is -0.122. The first kappa shape index (κ1) is 18.4. The van der Waals surface area contributed by atoms with Crippen LogP contribution >= 0.6 is 0 Å². The number of amides is 2. The lowest BCUT2D eigenvalue weighted by Crippen LogP contribution is -2.63. The van der Waals surface area contributed by atoms with Crippen LogP contribution in [0.5, 0.6) is 0 Å². The number of fused-ring (bicyclic) bond motifs is 3. The summed E-state index contributed by atoms with van der Waals surface area (Å²) in [5.41, 5.74) is 3.41. The van der Waals surface area contributed by atoms with Gasteiger partial charge in [0, 0.05) is 23.5 Å². The Labute approximate surface area is 175 Å². The van der Waals surface area contributed by atoms with Crippen molar-refractivity contribution in [3.8, 4) is 0 Å². The molecule has 2 heterocycles. The SMILES string of the molecule is CCc1ccc(N2C(=O)c3ccccc3N[C@]23C(=O)N(CC)c2ccccc23)cc1. The van der Waals surface area contributed by atoms with Gasteiger partial charge in [0.15, 0.2) is 0 Å². The summed E-state index contributed by atoms with van der Waals surface area (Å²) in [4.78, 5) is 31.1. The fourth-order valence-corrected chi connectivity index (χ4v) is 4.58. The molecule has 150 valence electrons. The summed E-state index contributed by atoms with van der Waals surface area (Å²) in [7, 11) is 0. The molecular formula is C25H23N3O2. The monoisotopic (exact) mass is 397 g/mol. The number of aryl methyl sites for hydroxylation is 1. The molecule has 3 aromatic carbocycles. The highest BCUT2D eigenvalue weighted by Crippen LogP contribution is 2.49. The van der Waals surface area contributed by atoms with Crippen molar-refractivity contribution in [2.75, 3.05) is 21.7 Å². The molecule has 0 radical (unpaired) electrons. The molecule has 2 aliphatic heterocycles. The lowest BCUT2D eigenvalue weighted by Gasteiger charge is -2.45. The Morgan fingerprint density at radius 3 is 2.30 bits per heavy atom. The fraction of sp³-hybridized carbons (Fsp3) is 0.200. The number of benzene rings is 3. The van der Waals surface area contributed by atoms with Crippen LogP contribution in [0, 0.1) is 0 Å². The molecular weight excluding hydrogens is 374 g/mol. The van der Waals surface area contributed by atoms with Gasteiger partial charge >= 0.3 is 0 Å². The zero-order chi connectivity index (χ0) is 20.9. The number of nitrogens with one attached hydrogen (secondary N) is 1. The number of para-hydroxylation sites is 2. The zero-order valence-corrected chi connectivity index (χ0v) is 17.1. The van der Waals surface area contributed by atoms with Gasteiger partial charge in [-0.2, -0.15) is 0 Å². The third kappa shape index (κ3) is 2.35. The molecule has 0 bridgehead atoms. The van der Waals surface area contributed by atoms with Crippen LogP contribution < -0.4 is 15.1 Å². The lowest BCUT2D eigenvalue weighted by atomic mass is 9.92. The van der Waals surface area contributed by atoms with E-state index >= 15 is 0 Å². The van der Waals surface area contributed by atoms with E-state index in [2.05, 4.69) is 12.2 Å². The molecule has 5 heteroatoms. The van der Waals surface area contributed by atoms with Crippen LogP contribution in [0.3, 0.4) is 0 Å². The number of nitrogens with zero attached hydrogens (tertiary/aromatic N) is 2. The Balaban J connectivity index is 1.80. The second kappa shape index (κ2) is 6.73. The maximum Gasteiger partial charge on any atom is 0.279 e. The van der Waals surface area contributed by atoms with E-state index in [4.69, 9.17) is 0 Å². The summed E-state index contributed by atoms with van der Waals surface area (Å²) >= 11 is 0. The van der Waals surface area contributed by atoms with Crippen molar-refractivity contribution in [1.29, 1.82) is 0 Å². The molecule has 5 rings (SSSR count). The molecule has 1 atom stereocenters. The third-order valence-electron chi connectivity index (χ3n) is 6.07. The fourth-order valence-electron chi connectivity index (χ4n) is 4.58. The third-order valence-corrected chi connectivity index (χ3v) is 6.07. The first-order chi connectivity index (χ1) is 14.6. The van der Waals surface area contributed by atoms with Gasteiger partial charge in [-0.1, -0.05) is 49.4 Å². The normalized spacial score (nSPS) is 19.7. The second-order valence-electron chi connectivity index (χ2n) is 7.61. The number of carbonyl (C=O) groups excluding carboxylic acids is 2. The van der Waals surface area contributed by atoms with E-state index < -0.39 is 5.66 Å². The second-order valence-corrected chi connectivity index (χ2v) is 7.61. The Bertz CT molecular complexity index is 1160. The number of carbonyl (C=O) groups is 2. The molecule has 2 aliphatic rings. The van der Waals surface area contributed by atoms with Crippen LogP contribution in [0.25, 0.3) is 0 Å². The van der Waals surface area contributed by atoms with E-state index in [0.717, 1.165) is 17.7 Å². The first-order valence-corrected chi connectivity index (χ1v) is 10.3.